The number of hydrogen-bond donors (Lipinski definition) is 2. The average molecular weight is 258 g/mol. The lowest BCUT2D eigenvalue weighted by atomic mass is 9.87. The summed E-state index contributed by atoms with van der Waals surface area (Å²) in [6, 6.07) is 6.36. The largest absolute Gasteiger partial charge is 0.384 e. The number of fused-ring (bicyclic) bond motifs is 1. The van der Waals surface area contributed by atoms with Crippen LogP contribution in [0.2, 0.25) is 0 Å². The molecule has 1 aliphatic carbocycles. The molecule has 2 N–H and O–H groups in total. The molecule has 1 saturated carbocycles. The lowest BCUT2D eigenvalue weighted by molar-refractivity contribution is 0.0923. The standard InChI is InChI=1S/C16H22N2O/c1-11-2-5-14(6-3-11)18-16(19)13-4-7-15-12(10-13)8-9-17-15/h4,7,10-11,14,17H,2-3,5-6,8-9H2,1H3,(H,18,19). The third-order valence-electron chi connectivity index (χ3n) is 4.43. The maximum atomic E-state index is 12.3. The normalized spacial score (nSPS) is 25.5. The number of amides is 1. The van der Waals surface area contributed by atoms with Crippen LogP contribution < -0.4 is 10.6 Å². The summed E-state index contributed by atoms with van der Waals surface area (Å²) >= 11 is 0. The first kappa shape index (κ1) is 12.5. The van der Waals surface area contributed by atoms with Gasteiger partial charge in [0, 0.05) is 23.8 Å². The van der Waals surface area contributed by atoms with Gasteiger partial charge in [-0.05, 0) is 61.8 Å². The molecular formula is C16H22N2O. The van der Waals surface area contributed by atoms with Gasteiger partial charge < -0.3 is 10.6 Å². The van der Waals surface area contributed by atoms with Crippen molar-refractivity contribution < 1.29 is 4.79 Å². The van der Waals surface area contributed by atoms with Crippen molar-refractivity contribution in [1.29, 1.82) is 0 Å². The van der Waals surface area contributed by atoms with Crippen LogP contribution in [0, 0.1) is 5.92 Å². The second kappa shape index (κ2) is 5.24. The van der Waals surface area contributed by atoms with Gasteiger partial charge in [0.2, 0.25) is 0 Å². The molecule has 1 aromatic carbocycles. The Morgan fingerprint density at radius 2 is 2.05 bits per heavy atom. The highest BCUT2D eigenvalue weighted by molar-refractivity contribution is 5.95. The number of rotatable bonds is 2. The number of hydrogen-bond acceptors (Lipinski definition) is 2. The van der Waals surface area contributed by atoms with E-state index < -0.39 is 0 Å². The molecular weight excluding hydrogens is 236 g/mol. The number of benzene rings is 1. The minimum Gasteiger partial charge on any atom is -0.384 e. The predicted molar refractivity (Wildman–Crippen MR) is 77.5 cm³/mol. The smallest absolute Gasteiger partial charge is 0.251 e. The first-order valence-electron chi connectivity index (χ1n) is 7.40. The second-order valence-electron chi connectivity index (χ2n) is 5.98. The van der Waals surface area contributed by atoms with Crippen molar-refractivity contribution in [2.24, 2.45) is 5.92 Å². The van der Waals surface area contributed by atoms with Gasteiger partial charge in [0.25, 0.3) is 5.91 Å². The summed E-state index contributed by atoms with van der Waals surface area (Å²) in [5.74, 6) is 0.911. The number of carbonyl (C=O) groups excluding carboxylic acids is 1. The van der Waals surface area contributed by atoms with Gasteiger partial charge in [0.15, 0.2) is 0 Å². The van der Waals surface area contributed by atoms with Crippen molar-refractivity contribution in [2.75, 3.05) is 11.9 Å². The highest BCUT2D eigenvalue weighted by atomic mass is 16.1. The first-order chi connectivity index (χ1) is 9.22. The van der Waals surface area contributed by atoms with Crippen molar-refractivity contribution in [3.8, 4) is 0 Å². The molecule has 2 aliphatic rings. The van der Waals surface area contributed by atoms with E-state index in [1.54, 1.807) is 0 Å². The fraction of sp³-hybridized carbons (Fsp3) is 0.562. The van der Waals surface area contributed by atoms with Crippen molar-refractivity contribution in [3.05, 3.63) is 29.3 Å². The van der Waals surface area contributed by atoms with Gasteiger partial charge in [-0.1, -0.05) is 6.92 Å². The van der Waals surface area contributed by atoms with Crippen LogP contribution in [-0.4, -0.2) is 18.5 Å². The van der Waals surface area contributed by atoms with Gasteiger partial charge in [-0.2, -0.15) is 0 Å². The third-order valence-corrected chi connectivity index (χ3v) is 4.43. The second-order valence-corrected chi connectivity index (χ2v) is 5.98. The highest BCUT2D eigenvalue weighted by Crippen LogP contribution is 2.25. The van der Waals surface area contributed by atoms with Crippen LogP contribution in [0.4, 0.5) is 5.69 Å². The van der Waals surface area contributed by atoms with Crippen LogP contribution in [0.5, 0.6) is 0 Å². The van der Waals surface area contributed by atoms with Crippen molar-refractivity contribution >= 4 is 11.6 Å². The Morgan fingerprint density at radius 1 is 1.26 bits per heavy atom. The Balaban J connectivity index is 1.64. The molecule has 1 amide bonds. The van der Waals surface area contributed by atoms with Crippen LogP contribution in [-0.2, 0) is 6.42 Å². The molecule has 3 rings (SSSR count). The Labute approximate surface area is 114 Å². The molecule has 1 aromatic rings. The molecule has 3 heteroatoms. The molecule has 0 atom stereocenters. The molecule has 1 aliphatic heterocycles. The van der Waals surface area contributed by atoms with Gasteiger partial charge >= 0.3 is 0 Å². The van der Waals surface area contributed by atoms with E-state index in [1.165, 1.54) is 24.1 Å². The molecule has 1 fully saturated rings. The quantitative estimate of drug-likeness (QED) is 0.856. The lowest BCUT2D eigenvalue weighted by Gasteiger charge is -2.27. The maximum absolute atomic E-state index is 12.3. The summed E-state index contributed by atoms with van der Waals surface area (Å²) in [5, 5.41) is 6.51. The SMILES string of the molecule is CC1CCC(NC(=O)c2ccc3c(c2)CCN3)CC1. The Bertz CT molecular complexity index is 476. The van der Waals surface area contributed by atoms with Crippen LogP contribution in [0.1, 0.15) is 48.5 Å². The van der Waals surface area contributed by atoms with E-state index in [0.29, 0.717) is 6.04 Å². The van der Waals surface area contributed by atoms with Crippen LogP contribution in [0.25, 0.3) is 0 Å². The molecule has 0 saturated heterocycles. The molecule has 19 heavy (non-hydrogen) atoms. The first-order valence-corrected chi connectivity index (χ1v) is 7.40. The molecule has 1 heterocycles. The zero-order valence-electron chi connectivity index (χ0n) is 11.5. The lowest BCUT2D eigenvalue weighted by Crippen LogP contribution is -2.37. The number of carbonyl (C=O) groups is 1. The van der Waals surface area contributed by atoms with E-state index in [1.807, 2.05) is 18.2 Å². The van der Waals surface area contributed by atoms with Gasteiger partial charge in [-0.15, -0.1) is 0 Å². The zero-order chi connectivity index (χ0) is 13.2. The van der Waals surface area contributed by atoms with Crippen molar-refractivity contribution in [2.45, 2.75) is 45.1 Å². The number of nitrogens with one attached hydrogen (secondary N) is 2. The fourth-order valence-electron chi connectivity index (χ4n) is 3.12. The van der Waals surface area contributed by atoms with Crippen LogP contribution in [0.15, 0.2) is 18.2 Å². The highest BCUT2D eigenvalue weighted by Gasteiger charge is 2.21. The molecule has 0 radical (unpaired) electrons. The predicted octanol–water partition coefficient (Wildman–Crippen LogP) is 2.96. The van der Waals surface area contributed by atoms with Gasteiger partial charge in [0.1, 0.15) is 0 Å². The van der Waals surface area contributed by atoms with E-state index in [-0.39, 0.29) is 5.91 Å². The third kappa shape index (κ3) is 2.75. The molecule has 0 unspecified atom stereocenters. The Hall–Kier alpha value is -1.51. The molecule has 102 valence electrons. The van der Waals surface area contributed by atoms with Crippen LogP contribution >= 0.6 is 0 Å². The summed E-state index contributed by atoms with van der Waals surface area (Å²) in [6.45, 7) is 3.28. The topological polar surface area (TPSA) is 41.1 Å². The van der Waals surface area contributed by atoms with Crippen molar-refractivity contribution in [3.63, 3.8) is 0 Å². The summed E-state index contributed by atoms with van der Waals surface area (Å²) in [5.41, 5.74) is 3.26. The summed E-state index contributed by atoms with van der Waals surface area (Å²) < 4.78 is 0. The van der Waals surface area contributed by atoms with Gasteiger partial charge in [-0.3, -0.25) is 4.79 Å². The van der Waals surface area contributed by atoms with E-state index in [2.05, 4.69) is 17.6 Å². The number of anilines is 1. The monoisotopic (exact) mass is 258 g/mol. The molecule has 0 spiro atoms. The minimum atomic E-state index is 0.0919. The summed E-state index contributed by atoms with van der Waals surface area (Å²) in [6.07, 6.45) is 5.74. The fourth-order valence-corrected chi connectivity index (χ4v) is 3.12. The van der Waals surface area contributed by atoms with E-state index >= 15 is 0 Å². The molecule has 0 bridgehead atoms. The Morgan fingerprint density at radius 3 is 2.84 bits per heavy atom. The summed E-state index contributed by atoms with van der Waals surface area (Å²) in [7, 11) is 0. The minimum absolute atomic E-state index is 0.0919. The maximum Gasteiger partial charge on any atom is 0.251 e. The molecule has 3 nitrogen and oxygen atoms in total. The average Bonchev–Trinajstić information content (AvgIpc) is 2.88. The van der Waals surface area contributed by atoms with Crippen molar-refractivity contribution in [1.82, 2.24) is 5.32 Å². The van der Waals surface area contributed by atoms with Gasteiger partial charge in [0.05, 0.1) is 0 Å². The Kier molecular flexibility index (Phi) is 3.45. The molecule has 0 aromatic heterocycles. The van der Waals surface area contributed by atoms with E-state index in [9.17, 15) is 4.79 Å². The van der Waals surface area contributed by atoms with E-state index in [0.717, 1.165) is 37.3 Å². The summed E-state index contributed by atoms with van der Waals surface area (Å²) in [4.78, 5) is 12.3. The van der Waals surface area contributed by atoms with E-state index in [4.69, 9.17) is 0 Å². The zero-order valence-corrected chi connectivity index (χ0v) is 11.5. The van der Waals surface area contributed by atoms with Gasteiger partial charge in [-0.25, -0.2) is 0 Å². The van der Waals surface area contributed by atoms with Crippen LogP contribution in [0.3, 0.4) is 0 Å².